The minimum absolute atomic E-state index is 0.463. The highest BCUT2D eigenvalue weighted by Crippen LogP contribution is 2.61. The number of isocyanates is 2. The Hall–Kier alpha value is -1.24. The molecule has 2 rings (SSSR count). The first-order valence-corrected chi connectivity index (χ1v) is 7.27. The maximum atomic E-state index is 10.1. The van der Waals surface area contributed by atoms with Gasteiger partial charge in [-0.3, -0.25) is 0 Å². The van der Waals surface area contributed by atoms with Gasteiger partial charge in [0.25, 0.3) is 0 Å². The average molecular weight is 262 g/mol. The normalized spacial score (nSPS) is 35.7. The van der Waals surface area contributed by atoms with Gasteiger partial charge < -0.3 is 0 Å². The smallest absolute Gasteiger partial charge is 0.211 e. The van der Waals surface area contributed by atoms with Gasteiger partial charge in [-0.05, 0) is 61.7 Å². The molecule has 4 heteroatoms. The second-order valence-electron chi connectivity index (χ2n) is 6.39. The highest BCUT2D eigenvalue weighted by molar-refractivity contribution is 5.33. The quantitative estimate of drug-likeness (QED) is 0.402. The van der Waals surface area contributed by atoms with E-state index in [1.807, 2.05) is 0 Å². The predicted molar refractivity (Wildman–Crippen MR) is 72.3 cm³/mol. The Morgan fingerprint density at radius 1 is 1.11 bits per heavy atom. The third kappa shape index (κ3) is 3.20. The molecule has 2 bridgehead atoms. The summed E-state index contributed by atoms with van der Waals surface area (Å²) >= 11 is 0. The van der Waals surface area contributed by atoms with Gasteiger partial charge in [-0.15, -0.1) is 0 Å². The maximum absolute atomic E-state index is 10.1. The van der Waals surface area contributed by atoms with Crippen LogP contribution in [0.2, 0.25) is 0 Å². The maximum Gasteiger partial charge on any atom is 0.234 e. The van der Waals surface area contributed by atoms with E-state index in [4.69, 9.17) is 0 Å². The Morgan fingerprint density at radius 3 is 2.47 bits per heavy atom. The molecule has 104 valence electrons. The SMILES string of the molecule is CC12CC(CCN=C=O)C(CC1CCCN=C=O)C2. The number of hydrogen-bond donors (Lipinski definition) is 0. The second-order valence-corrected chi connectivity index (χ2v) is 6.39. The molecule has 0 spiro atoms. The molecule has 0 aromatic carbocycles. The minimum Gasteiger partial charge on any atom is -0.211 e. The van der Waals surface area contributed by atoms with Gasteiger partial charge in [-0.1, -0.05) is 6.92 Å². The van der Waals surface area contributed by atoms with Gasteiger partial charge in [0.15, 0.2) is 0 Å². The second kappa shape index (κ2) is 6.27. The van der Waals surface area contributed by atoms with Gasteiger partial charge in [-0.25, -0.2) is 19.6 Å². The van der Waals surface area contributed by atoms with Crippen LogP contribution in [-0.4, -0.2) is 25.2 Å². The molecule has 0 N–H and O–H groups in total. The first-order chi connectivity index (χ1) is 9.19. The summed E-state index contributed by atoms with van der Waals surface area (Å²) in [4.78, 5) is 27.4. The first-order valence-electron chi connectivity index (χ1n) is 7.27. The molecule has 19 heavy (non-hydrogen) atoms. The molecule has 2 fully saturated rings. The van der Waals surface area contributed by atoms with Gasteiger partial charge in [0.05, 0.1) is 13.1 Å². The summed E-state index contributed by atoms with van der Waals surface area (Å²) in [6.07, 6.45) is 10.3. The summed E-state index contributed by atoms with van der Waals surface area (Å²) in [7, 11) is 0. The van der Waals surface area contributed by atoms with Crippen LogP contribution < -0.4 is 0 Å². The van der Waals surface area contributed by atoms with E-state index < -0.39 is 0 Å². The number of nitrogens with zero attached hydrogens (tertiary/aromatic N) is 2. The summed E-state index contributed by atoms with van der Waals surface area (Å²) in [6, 6.07) is 0. The van der Waals surface area contributed by atoms with Crippen molar-refractivity contribution in [1.82, 2.24) is 0 Å². The van der Waals surface area contributed by atoms with Crippen LogP contribution in [0.25, 0.3) is 0 Å². The fourth-order valence-corrected chi connectivity index (χ4v) is 4.42. The molecular weight excluding hydrogens is 240 g/mol. The van der Waals surface area contributed by atoms with Crippen LogP contribution in [-0.2, 0) is 9.59 Å². The largest absolute Gasteiger partial charge is 0.234 e. The lowest BCUT2D eigenvalue weighted by atomic mass is 9.71. The Bertz CT molecular complexity index is 410. The molecule has 0 aliphatic heterocycles. The van der Waals surface area contributed by atoms with E-state index in [0.717, 1.165) is 30.6 Å². The molecular formula is C15H22N2O2. The van der Waals surface area contributed by atoms with E-state index in [1.165, 1.54) is 25.7 Å². The van der Waals surface area contributed by atoms with Crippen molar-refractivity contribution in [1.29, 1.82) is 0 Å². The lowest BCUT2D eigenvalue weighted by Gasteiger charge is -2.35. The van der Waals surface area contributed by atoms with Crippen molar-refractivity contribution in [3.63, 3.8) is 0 Å². The van der Waals surface area contributed by atoms with Crippen molar-refractivity contribution in [3.8, 4) is 0 Å². The van der Waals surface area contributed by atoms with Crippen molar-refractivity contribution < 1.29 is 9.59 Å². The fourth-order valence-electron chi connectivity index (χ4n) is 4.42. The van der Waals surface area contributed by atoms with E-state index in [1.54, 1.807) is 12.2 Å². The number of aliphatic imine (C=N–C) groups is 2. The molecule has 0 aromatic rings. The van der Waals surface area contributed by atoms with E-state index in [2.05, 4.69) is 16.9 Å². The number of fused-ring (bicyclic) bond motifs is 2. The summed E-state index contributed by atoms with van der Waals surface area (Å²) in [5.41, 5.74) is 0.463. The van der Waals surface area contributed by atoms with Crippen LogP contribution in [0, 0.1) is 23.2 Å². The molecule has 0 aromatic heterocycles. The summed E-state index contributed by atoms with van der Waals surface area (Å²) in [6.45, 7) is 3.67. The van der Waals surface area contributed by atoms with Gasteiger partial charge in [0, 0.05) is 0 Å². The molecule has 2 aliphatic carbocycles. The van der Waals surface area contributed by atoms with E-state index in [9.17, 15) is 9.59 Å². The van der Waals surface area contributed by atoms with Crippen molar-refractivity contribution in [2.45, 2.75) is 45.4 Å². The van der Waals surface area contributed by atoms with Crippen LogP contribution in [0.5, 0.6) is 0 Å². The molecule has 4 atom stereocenters. The van der Waals surface area contributed by atoms with Gasteiger partial charge in [0.2, 0.25) is 12.2 Å². The van der Waals surface area contributed by atoms with Crippen molar-refractivity contribution >= 4 is 12.2 Å². The van der Waals surface area contributed by atoms with Crippen LogP contribution in [0.15, 0.2) is 9.98 Å². The van der Waals surface area contributed by atoms with E-state index in [0.29, 0.717) is 18.5 Å². The van der Waals surface area contributed by atoms with Crippen LogP contribution in [0.3, 0.4) is 0 Å². The van der Waals surface area contributed by atoms with E-state index >= 15 is 0 Å². The molecule has 0 heterocycles. The van der Waals surface area contributed by atoms with Crippen LogP contribution in [0.1, 0.15) is 45.4 Å². The third-order valence-corrected chi connectivity index (χ3v) is 5.26. The highest BCUT2D eigenvalue weighted by Gasteiger charge is 2.52. The molecule has 2 aliphatic rings. The Balaban J connectivity index is 1.80. The van der Waals surface area contributed by atoms with Gasteiger partial charge >= 0.3 is 0 Å². The lowest BCUT2D eigenvalue weighted by Crippen LogP contribution is -2.26. The highest BCUT2D eigenvalue weighted by atomic mass is 16.1. The average Bonchev–Trinajstić information content (AvgIpc) is 2.87. The van der Waals surface area contributed by atoms with Crippen molar-refractivity contribution in [2.75, 3.05) is 13.1 Å². The third-order valence-electron chi connectivity index (χ3n) is 5.26. The first kappa shape index (κ1) is 14.2. The number of hydrogen-bond acceptors (Lipinski definition) is 4. The Morgan fingerprint density at radius 2 is 1.84 bits per heavy atom. The monoisotopic (exact) mass is 262 g/mol. The number of rotatable bonds is 7. The Kier molecular flexibility index (Phi) is 4.68. The van der Waals surface area contributed by atoms with Crippen molar-refractivity contribution in [2.24, 2.45) is 33.2 Å². The lowest BCUT2D eigenvalue weighted by molar-refractivity contribution is 0.156. The predicted octanol–water partition coefficient (Wildman–Crippen LogP) is 2.88. The molecule has 2 saturated carbocycles. The fraction of sp³-hybridized carbons (Fsp3) is 0.867. The minimum atomic E-state index is 0.463. The summed E-state index contributed by atoms with van der Waals surface area (Å²) in [5.74, 6) is 2.34. The topological polar surface area (TPSA) is 58.9 Å². The molecule has 0 saturated heterocycles. The molecule has 4 nitrogen and oxygen atoms in total. The van der Waals surface area contributed by atoms with Gasteiger partial charge in [-0.2, -0.15) is 0 Å². The van der Waals surface area contributed by atoms with Crippen LogP contribution >= 0.6 is 0 Å². The summed E-state index contributed by atoms with van der Waals surface area (Å²) < 4.78 is 0. The molecule has 0 radical (unpaired) electrons. The number of carbonyl (C=O) groups excluding carboxylic acids is 2. The van der Waals surface area contributed by atoms with Crippen molar-refractivity contribution in [3.05, 3.63) is 0 Å². The zero-order chi connectivity index (χ0) is 13.7. The zero-order valence-corrected chi connectivity index (χ0v) is 11.6. The zero-order valence-electron chi connectivity index (χ0n) is 11.6. The van der Waals surface area contributed by atoms with E-state index in [-0.39, 0.29) is 0 Å². The summed E-state index contributed by atoms with van der Waals surface area (Å²) in [5, 5.41) is 0. The standard InChI is InChI=1S/C15H22N2O2/c1-15-8-12(4-6-17-11-19)13(9-15)7-14(15)3-2-5-16-10-18/h12-14H,2-9H2,1H3. The van der Waals surface area contributed by atoms with Gasteiger partial charge in [0.1, 0.15) is 0 Å². The van der Waals surface area contributed by atoms with Crippen LogP contribution in [0.4, 0.5) is 0 Å². The molecule has 0 amide bonds. The Labute approximate surface area is 114 Å². The molecule has 4 unspecified atom stereocenters.